The summed E-state index contributed by atoms with van der Waals surface area (Å²) in [7, 11) is -3.88. The standard InChI is InChI=1S/C13H17N3O3S/c1-9-4-5-11(3)12(6-9)20(18,19)15-13(17)16-8-10(2)7-14-16/h4-7,10H,8H2,1-3H3,(H,15,17). The summed E-state index contributed by atoms with van der Waals surface area (Å²) in [6.45, 7) is 5.77. The van der Waals surface area contributed by atoms with Crippen LogP contribution >= 0.6 is 0 Å². The molecular formula is C13H17N3O3S. The number of sulfonamides is 1. The molecule has 0 radical (unpaired) electrons. The fraction of sp³-hybridized carbons (Fsp3) is 0.385. The molecule has 1 aliphatic rings. The number of hydrogen-bond acceptors (Lipinski definition) is 4. The molecule has 1 aromatic rings. The van der Waals surface area contributed by atoms with Crippen molar-refractivity contribution in [2.75, 3.05) is 6.54 Å². The van der Waals surface area contributed by atoms with Gasteiger partial charge in [0.25, 0.3) is 10.0 Å². The highest BCUT2D eigenvalue weighted by molar-refractivity contribution is 7.90. The van der Waals surface area contributed by atoms with Crippen molar-refractivity contribution in [3.05, 3.63) is 29.3 Å². The number of benzene rings is 1. The van der Waals surface area contributed by atoms with Crippen LogP contribution in [0.2, 0.25) is 0 Å². The second-order valence-corrected chi connectivity index (χ2v) is 6.65. The van der Waals surface area contributed by atoms with Gasteiger partial charge in [0.1, 0.15) is 0 Å². The first-order valence-electron chi connectivity index (χ1n) is 6.25. The third-order valence-electron chi connectivity index (χ3n) is 3.01. The Balaban J connectivity index is 2.21. The van der Waals surface area contributed by atoms with Gasteiger partial charge in [-0.15, -0.1) is 0 Å². The molecule has 1 heterocycles. The van der Waals surface area contributed by atoms with E-state index < -0.39 is 16.1 Å². The second-order valence-electron chi connectivity index (χ2n) is 5.00. The van der Waals surface area contributed by atoms with Gasteiger partial charge in [-0.2, -0.15) is 5.10 Å². The van der Waals surface area contributed by atoms with E-state index in [2.05, 4.69) is 5.10 Å². The van der Waals surface area contributed by atoms with E-state index in [9.17, 15) is 13.2 Å². The molecular weight excluding hydrogens is 278 g/mol. The molecule has 0 fully saturated rings. The van der Waals surface area contributed by atoms with Crippen molar-refractivity contribution in [1.29, 1.82) is 0 Å². The lowest BCUT2D eigenvalue weighted by atomic mass is 10.2. The molecule has 20 heavy (non-hydrogen) atoms. The number of hydrazone groups is 1. The number of rotatable bonds is 2. The summed E-state index contributed by atoms with van der Waals surface area (Å²) in [4.78, 5) is 12.0. The zero-order valence-electron chi connectivity index (χ0n) is 11.6. The van der Waals surface area contributed by atoms with Crippen molar-refractivity contribution in [3.8, 4) is 0 Å². The minimum Gasteiger partial charge on any atom is -0.246 e. The Morgan fingerprint density at radius 2 is 2.10 bits per heavy atom. The summed E-state index contributed by atoms with van der Waals surface area (Å²) >= 11 is 0. The van der Waals surface area contributed by atoms with Crippen molar-refractivity contribution < 1.29 is 13.2 Å². The SMILES string of the molecule is Cc1ccc(C)c(S(=O)(=O)NC(=O)N2CC(C)C=N2)c1. The van der Waals surface area contributed by atoms with Gasteiger partial charge in [-0.25, -0.2) is 22.9 Å². The molecule has 0 bridgehead atoms. The lowest BCUT2D eigenvalue weighted by Gasteiger charge is -2.15. The number of carbonyl (C=O) groups excluding carboxylic acids is 1. The van der Waals surface area contributed by atoms with Crippen LogP contribution in [-0.2, 0) is 10.0 Å². The third kappa shape index (κ3) is 2.98. The van der Waals surface area contributed by atoms with Crippen molar-refractivity contribution in [2.45, 2.75) is 25.7 Å². The number of hydrogen-bond donors (Lipinski definition) is 1. The van der Waals surface area contributed by atoms with Crippen LogP contribution in [0.1, 0.15) is 18.1 Å². The normalized spacial score (nSPS) is 18.4. The molecule has 0 aliphatic carbocycles. The highest BCUT2D eigenvalue weighted by atomic mass is 32.2. The summed E-state index contributed by atoms with van der Waals surface area (Å²) in [5, 5.41) is 4.98. The Bertz CT molecular complexity index is 667. The van der Waals surface area contributed by atoms with Gasteiger partial charge < -0.3 is 0 Å². The average Bonchev–Trinajstić information content (AvgIpc) is 2.78. The van der Waals surface area contributed by atoms with E-state index in [1.54, 1.807) is 32.2 Å². The molecule has 1 aliphatic heterocycles. The summed E-state index contributed by atoms with van der Waals surface area (Å²) < 4.78 is 26.5. The molecule has 7 heteroatoms. The maximum atomic E-state index is 12.2. The Morgan fingerprint density at radius 1 is 1.40 bits per heavy atom. The quantitative estimate of drug-likeness (QED) is 0.900. The third-order valence-corrected chi connectivity index (χ3v) is 4.47. The van der Waals surface area contributed by atoms with Gasteiger partial charge in [0, 0.05) is 12.1 Å². The second kappa shape index (κ2) is 5.24. The monoisotopic (exact) mass is 295 g/mol. The highest BCUT2D eigenvalue weighted by Gasteiger charge is 2.26. The van der Waals surface area contributed by atoms with Crippen molar-refractivity contribution in [2.24, 2.45) is 11.0 Å². The van der Waals surface area contributed by atoms with E-state index in [4.69, 9.17) is 0 Å². The maximum absolute atomic E-state index is 12.2. The molecule has 0 saturated carbocycles. The predicted molar refractivity (Wildman–Crippen MR) is 76.0 cm³/mol. The summed E-state index contributed by atoms with van der Waals surface area (Å²) in [5.41, 5.74) is 1.41. The molecule has 0 aromatic heterocycles. The van der Waals surface area contributed by atoms with Gasteiger partial charge in [0.2, 0.25) is 0 Å². The van der Waals surface area contributed by atoms with E-state index in [0.717, 1.165) is 10.6 Å². The maximum Gasteiger partial charge on any atom is 0.351 e. The van der Waals surface area contributed by atoms with Crippen LogP contribution in [0.3, 0.4) is 0 Å². The van der Waals surface area contributed by atoms with Crippen LogP contribution in [-0.4, -0.2) is 32.2 Å². The number of aryl methyl sites for hydroxylation is 2. The van der Waals surface area contributed by atoms with Gasteiger partial charge in [0.05, 0.1) is 11.4 Å². The average molecular weight is 295 g/mol. The molecule has 0 saturated heterocycles. The molecule has 108 valence electrons. The zero-order valence-corrected chi connectivity index (χ0v) is 12.4. The fourth-order valence-corrected chi connectivity index (χ4v) is 3.19. The number of nitrogens with zero attached hydrogens (tertiary/aromatic N) is 2. The first-order chi connectivity index (χ1) is 9.29. The number of amides is 2. The Labute approximate surface area is 118 Å². The fourth-order valence-electron chi connectivity index (χ4n) is 1.92. The number of carbonyl (C=O) groups is 1. The number of urea groups is 1. The van der Waals surface area contributed by atoms with Gasteiger partial charge in [0.15, 0.2) is 0 Å². The van der Waals surface area contributed by atoms with Crippen LogP contribution in [0.5, 0.6) is 0 Å². The molecule has 2 rings (SSSR count). The first kappa shape index (κ1) is 14.5. The predicted octanol–water partition coefficient (Wildman–Crippen LogP) is 1.64. The van der Waals surface area contributed by atoms with Crippen molar-refractivity contribution >= 4 is 22.3 Å². The molecule has 1 atom stereocenters. The molecule has 2 amide bonds. The zero-order chi connectivity index (χ0) is 14.9. The molecule has 1 unspecified atom stereocenters. The Kier molecular flexibility index (Phi) is 3.80. The largest absolute Gasteiger partial charge is 0.351 e. The van der Waals surface area contributed by atoms with Gasteiger partial charge in [-0.3, -0.25) is 0 Å². The summed E-state index contributed by atoms with van der Waals surface area (Å²) in [5.74, 6) is 0.129. The van der Waals surface area contributed by atoms with Gasteiger partial charge in [-0.1, -0.05) is 19.1 Å². The topological polar surface area (TPSA) is 78.8 Å². The van der Waals surface area contributed by atoms with E-state index in [-0.39, 0.29) is 10.8 Å². The lowest BCUT2D eigenvalue weighted by Crippen LogP contribution is -2.40. The van der Waals surface area contributed by atoms with Crippen LogP contribution in [0.4, 0.5) is 4.79 Å². The minimum absolute atomic E-state index is 0.113. The van der Waals surface area contributed by atoms with Crippen molar-refractivity contribution in [3.63, 3.8) is 0 Å². The van der Waals surface area contributed by atoms with Crippen LogP contribution in [0.25, 0.3) is 0 Å². The molecule has 1 aromatic carbocycles. The lowest BCUT2D eigenvalue weighted by molar-refractivity contribution is 0.208. The van der Waals surface area contributed by atoms with E-state index >= 15 is 0 Å². The molecule has 6 nitrogen and oxygen atoms in total. The smallest absolute Gasteiger partial charge is 0.246 e. The van der Waals surface area contributed by atoms with Crippen LogP contribution in [0.15, 0.2) is 28.2 Å². The van der Waals surface area contributed by atoms with Crippen molar-refractivity contribution in [1.82, 2.24) is 9.73 Å². The minimum atomic E-state index is -3.88. The van der Waals surface area contributed by atoms with Gasteiger partial charge in [-0.05, 0) is 31.0 Å². The molecule has 1 N–H and O–H groups in total. The van der Waals surface area contributed by atoms with Crippen LogP contribution < -0.4 is 4.72 Å². The number of nitrogens with one attached hydrogen (secondary N) is 1. The summed E-state index contributed by atoms with van der Waals surface area (Å²) in [6, 6.07) is 4.35. The molecule has 0 spiro atoms. The van der Waals surface area contributed by atoms with Crippen LogP contribution in [0, 0.1) is 19.8 Å². The van der Waals surface area contributed by atoms with Gasteiger partial charge >= 0.3 is 6.03 Å². The Hall–Kier alpha value is -1.89. The van der Waals surface area contributed by atoms with E-state index in [1.807, 2.05) is 17.7 Å². The highest BCUT2D eigenvalue weighted by Crippen LogP contribution is 2.17. The Morgan fingerprint density at radius 3 is 2.70 bits per heavy atom. The van der Waals surface area contributed by atoms with E-state index in [0.29, 0.717) is 12.1 Å². The van der Waals surface area contributed by atoms with E-state index in [1.165, 1.54) is 0 Å². The summed E-state index contributed by atoms with van der Waals surface area (Å²) in [6.07, 6.45) is 1.62. The first-order valence-corrected chi connectivity index (χ1v) is 7.73.